The smallest absolute Gasteiger partial charge is 0.395 e. The fourth-order valence-electron chi connectivity index (χ4n) is 2.80. The third-order valence-electron chi connectivity index (χ3n) is 3.85. The number of nitrogens with one attached hydrogen (secondary N) is 1. The Kier molecular flexibility index (Phi) is 4.53. The number of aromatic nitrogens is 3. The molecule has 0 unspecified atom stereocenters. The number of benzene rings is 2. The van der Waals surface area contributed by atoms with Crippen LogP contribution < -0.4 is 14.8 Å². The molecule has 1 aliphatic rings. The highest BCUT2D eigenvalue weighted by Gasteiger charge is 2.44. The summed E-state index contributed by atoms with van der Waals surface area (Å²) in [6.45, 7) is 0. The van der Waals surface area contributed by atoms with Gasteiger partial charge in [-0.25, -0.2) is 18.4 Å². The molecular weight excluding hydrogens is 406 g/mol. The number of para-hydroxylation sites is 1. The molecule has 0 saturated carbocycles. The Morgan fingerprint density at radius 3 is 2.69 bits per heavy atom. The lowest BCUT2D eigenvalue weighted by Gasteiger charge is -2.09. The van der Waals surface area contributed by atoms with Crippen molar-refractivity contribution in [2.24, 2.45) is 0 Å². The van der Waals surface area contributed by atoms with E-state index in [1.807, 2.05) is 0 Å². The quantitative estimate of drug-likeness (QED) is 0.672. The fourth-order valence-corrected chi connectivity index (χ4v) is 3.59. The van der Waals surface area contributed by atoms with E-state index < -0.39 is 16.1 Å². The van der Waals surface area contributed by atoms with Gasteiger partial charge in [-0.2, -0.15) is 4.98 Å². The van der Waals surface area contributed by atoms with Gasteiger partial charge in [0.25, 0.3) is 0 Å². The van der Waals surface area contributed by atoms with Crippen LogP contribution in [-0.2, 0) is 15.6 Å². The summed E-state index contributed by atoms with van der Waals surface area (Å²) in [5.41, 5.74) is 1.38. The molecular formula is C18H14F2N4O4S. The number of nitrogens with zero attached hydrogens (tertiary/aromatic N) is 3. The van der Waals surface area contributed by atoms with Crippen LogP contribution in [0.1, 0.15) is 5.56 Å². The summed E-state index contributed by atoms with van der Waals surface area (Å²) >= 11 is 0. The lowest BCUT2D eigenvalue weighted by atomic mass is 10.2. The first-order valence-corrected chi connectivity index (χ1v) is 10.4. The van der Waals surface area contributed by atoms with Crippen LogP contribution in [0, 0.1) is 0 Å². The van der Waals surface area contributed by atoms with Crippen LogP contribution in [0.2, 0.25) is 0 Å². The number of fused-ring (bicyclic) bond motifs is 1. The average Bonchev–Trinajstić information content (AvgIpc) is 2.94. The molecule has 0 saturated heterocycles. The second kappa shape index (κ2) is 6.92. The zero-order chi connectivity index (χ0) is 20.6. The van der Waals surface area contributed by atoms with Crippen molar-refractivity contribution >= 4 is 21.5 Å². The first-order chi connectivity index (χ1) is 13.7. The summed E-state index contributed by atoms with van der Waals surface area (Å²) in [4.78, 5) is 12.3. The number of hydrogen-bond donors (Lipinski definition) is 1. The normalized spacial score (nSPS) is 14.6. The Morgan fingerprint density at radius 1 is 1.10 bits per heavy atom. The number of rotatable bonds is 5. The minimum Gasteiger partial charge on any atom is -0.395 e. The maximum Gasteiger partial charge on any atom is 0.586 e. The molecule has 1 N–H and O–H groups in total. The molecule has 0 spiro atoms. The van der Waals surface area contributed by atoms with Crippen LogP contribution in [0.5, 0.6) is 11.5 Å². The van der Waals surface area contributed by atoms with Crippen molar-refractivity contribution in [3.63, 3.8) is 0 Å². The van der Waals surface area contributed by atoms with Crippen LogP contribution >= 0.6 is 0 Å². The number of hydrogen-bond acceptors (Lipinski definition) is 8. The molecule has 11 heteroatoms. The summed E-state index contributed by atoms with van der Waals surface area (Å²) < 4.78 is 58.8. The minimum atomic E-state index is -3.76. The lowest BCUT2D eigenvalue weighted by molar-refractivity contribution is -0.286. The molecule has 1 aromatic heterocycles. The maximum absolute atomic E-state index is 13.4. The van der Waals surface area contributed by atoms with E-state index in [-0.39, 0.29) is 34.6 Å². The number of anilines is 2. The Hall–Kier alpha value is -3.34. The summed E-state index contributed by atoms with van der Waals surface area (Å²) in [5, 5.41) is 2.95. The van der Waals surface area contributed by atoms with E-state index >= 15 is 0 Å². The third kappa shape index (κ3) is 4.40. The number of halogens is 2. The van der Waals surface area contributed by atoms with Crippen molar-refractivity contribution in [2.45, 2.75) is 12.0 Å². The zero-order valence-electron chi connectivity index (χ0n) is 15.0. The second-order valence-corrected chi connectivity index (χ2v) is 8.47. The maximum atomic E-state index is 13.4. The van der Waals surface area contributed by atoms with Crippen LogP contribution in [0.25, 0.3) is 11.4 Å². The van der Waals surface area contributed by atoms with E-state index in [0.717, 1.165) is 6.26 Å². The Balaban J connectivity index is 1.62. The fraction of sp³-hybridized carbons (Fsp3) is 0.167. The molecule has 29 heavy (non-hydrogen) atoms. The van der Waals surface area contributed by atoms with Gasteiger partial charge >= 0.3 is 6.29 Å². The van der Waals surface area contributed by atoms with Gasteiger partial charge in [-0.1, -0.05) is 18.2 Å². The molecule has 150 valence electrons. The van der Waals surface area contributed by atoms with E-state index in [9.17, 15) is 17.2 Å². The average molecular weight is 420 g/mol. The Morgan fingerprint density at radius 2 is 1.90 bits per heavy atom. The van der Waals surface area contributed by atoms with Crippen LogP contribution in [0.4, 0.5) is 20.4 Å². The largest absolute Gasteiger partial charge is 0.586 e. The number of alkyl halides is 2. The molecule has 2 heterocycles. The molecule has 0 amide bonds. The first-order valence-electron chi connectivity index (χ1n) is 8.30. The van der Waals surface area contributed by atoms with E-state index in [4.69, 9.17) is 0 Å². The predicted octanol–water partition coefficient (Wildman–Crippen LogP) is 3.15. The van der Waals surface area contributed by atoms with Gasteiger partial charge in [0, 0.05) is 11.9 Å². The Labute approximate surface area is 164 Å². The molecule has 2 aromatic carbocycles. The molecule has 0 fully saturated rings. The van der Waals surface area contributed by atoms with Gasteiger partial charge in [0.05, 0.1) is 11.3 Å². The molecule has 4 rings (SSSR count). The lowest BCUT2D eigenvalue weighted by Crippen LogP contribution is -2.26. The molecule has 0 atom stereocenters. The highest BCUT2D eigenvalue weighted by atomic mass is 32.2. The van der Waals surface area contributed by atoms with Gasteiger partial charge in [-0.3, -0.25) is 0 Å². The topological polar surface area (TPSA) is 103 Å². The zero-order valence-corrected chi connectivity index (χ0v) is 15.8. The standard InChI is InChI=1S/C18H14F2N4O4S/c1-29(25,26)9-11-4-2-5-12(8-11)23-17-22-10-21-16(24-17)13-6-3-7-14-15(13)28-18(19,20)27-14/h2-8,10H,9H2,1H3,(H,21,22,23,24). The monoisotopic (exact) mass is 420 g/mol. The van der Waals surface area contributed by atoms with Gasteiger partial charge in [0.1, 0.15) is 6.33 Å². The van der Waals surface area contributed by atoms with E-state index in [1.165, 1.54) is 24.5 Å². The van der Waals surface area contributed by atoms with Crippen molar-refractivity contribution in [3.8, 4) is 22.9 Å². The summed E-state index contributed by atoms with van der Waals surface area (Å²) in [7, 11) is -3.18. The number of sulfone groups is 1. The van der Waals surface area contributed by atoms with E-state index in [0.29, 0.717) is 11.3 Å². The van der Waals surface area contributed by atoms with Crippen molar-refractivity contribution in [2.75, 3.05) is 11.6 Å². The van der Waals surface area contributed by atoms with Crippen LogP contribution in [0.15, 0.2) is 48.8 Å². The van der Waals surface area contributed by atoms with E-state index in [2.05, 4.69) is 29.7 Å². The summed E-state index contributed by atoms with van der Waals surface area (Å²) in [6.07, 6.45) is -1.38. The van der Waals surface area contributed by atoms with E-state index in [1.54, 1.807) is 24.3 Å². The van der Waals surface area contributed by atoms with Crippen molar-refractivity contribution in [1.82, 2.24) is 15.0 Å². The molecule has 0 aliphatic carbocycles. The molecule has 1 aliphatic heterocycles. The third-order valence-corrected chi connectivity index (χ3v) is 4.71. The second-order valence-electron chi connectivity index (χ2n) is 6.33. The summed E-state index contributed by atoms with van der Waals surface area (Å²) in [5.74, 6) is -0.129. The van der Waals surface area contributed by atoms with Crippen molar-refractivity contribution in [1.29, 1.82) is 0 Å². The first kappa shape index (κ1) is 19.0. The number of ether oxygens (including phenoxy) is 2. The molecule has 3 aromatic rings. The van der Waals surface area contributed by atoms with Crippen LogP contribution in [0.3, 0.4) is 0 Å². The highest BCUT2D eigenvalue weighted by Crippen LogP contribution is 2.46. The minimum absolute atomic E-state index is 0.104. The SMILES string of the molecule is CS(=O)(=O)Cc1cccc(Nc2ncnc(-c3cccc4c3OC(F)(F)O4)n2)c1. The van der Waals surface area contributed by atoms with Crippen molar-refractivity contribution < 1.29 is 26.7 Å². The predicted molar refractivity (Wildman–Crippen MR) is 99.7 cm³/mol. The Bertz CT molecular complexity index is 1190. The molecule has 0 radical (unpaired) electrons. The van der Waals surface area contributed by atoms with Gasteiger partial charge in [-0.05, 0) is 29.8 Å². The van der Waals surface area contributed by atoms with Gasteiger partial charge < -0.3 is 14.8 Å². The molecule has 0 bridgehead atoms. The molecule has 8 nitrogen and oxygen atoms in total. The van der Waals surface area contributed by atoms with Crippen LogP contribution in [-0.4, -0.2) is 35.9 Å². The summed E-state index contributed by atoms with van der Waals surface area (Å²) in [6, 6.07) is 11.2. The van der Waals surface area contributed by atoms with Crippen molar-refractivity contribution in [3.05, 3.63) is 54.4 Å². The van der Waals surface area contributed by atoms with Gasteiger partial charge in [0.15, 0.2) is 27.2 Å². The van der Waals surface area contributed by atoms with Gasteiger partial charge in [0.2, 0.25) is 5.95 Å². The van der Waals surface area contributed by atoms with Gasteiger partial charge in [-0.15, -0.1) is 8.78 Å². The highest BCUT2D eigenvalue weighted by molar-refractivity contribution is 7.89.